The molecule has 0 aromatic carbocycles. The highest BCUT2D eigenvalue weighted by Crippen LogP contribution is 2.02. The number of rotatable bonds is 5. The molecular formula is C14H30O3. The quantitative estimate of drug-likeness (QED) is 0.692. The molecule has 0 heterocycles. The van der Waals surface area contributed by atoms with Crippen molar-refractivity contribution in [2.45, 2.75) is 80.1 Å². The van der Waals surface area contributed by atoms with Crippen molar-refractivity contribution in [2.75, 3.05) is 0 Å². The van der Waals surface area contributed by atoms with Crippen molar-refractivity contribution in [3.05, 3.63) is 0 Å². The predicted octanol–water partition coefficient (Wildman–Crippen LogP) is 3.80. The molecule has 0 aromatic heterocycles. The standard InChI is InChI=1S/C8H16O2.C6H14O/c1-6(2)5-8(9)10-7(3)4;1-5(2)7-6(3)4/h6-7H,5H2,1-4H3;5-6H,1-4H3. The second kappa shape index (κ2) is 10.6. The SMILES string of the molecule is CC(C)CC(=O)OC(C)C.CC(C)OC(C)C. The molecule has 0 atom stereocenters. The first-order chi connectivity index (χ1) is 7.65. The molecule has 0 saturated carbocycles. The van der Waals surface area contributed by atoms with Crippen molar-refractivity contribution in [1.29, 1.82) is 0 Å². The average Bonchev–Trinajstić information content (AvgIpc) is 1.97. The Kier molecular flexibility index (Phi) is 11.7. The predicted molar refractivity (Wildman–Crippen MR) is 72.0 cm³/mol. The van der Waals surface area contributed by atoms with Crippen molar-refractivity contribution in [1.82, 2.24) is 0 Å². The van der Waals surface area contributed by atoms with Crippen LogP contribution in [0.25, 0.3) is 0 Å². The Balaban J connectivity index is 0. The molecule has 0 spiro atoms. The molecule has 3 heteroatoms. The lowest BCUT2D eigenvalue weighted by Gasteiger charge is -2.09. The zero-order valence-electron chi connectivity index (χ0n) is 12.7. The van der Waals surface area contributed by atoms with E-state index in [4.69, 9.17) is 9.47 Å². The van der Waals surface area contributed by atoms with Crippen LogP contribution >= 0.6 is 0 Å². The Bertz CT molecular complexity index is 166. The fourth-order valence-electron chi connectivity index (χ4n) is 1.19. The summed E-state index contributed by atoms with van der Waals surface area (Å²) in [5, 5.41) is 0. The Labute approximate surface area is 107 Å². The Morgan fingerprint density at radius 3 is 1.41 bits per heavy atom. The Morgan fingerprint density at radius 1 is 0.824 bits per heavy atom. The van der Waals surface area contributed by atoms with Crippen LogP contribution < -0.4 is 0 Å². The second-order valence-corrected chi connectivity index (χ2v) is 5.37. The molecule has 0 amide bonds. The average molecular weight is 246 g/mol. The highest BCUT2D eigenvalue weighted by molar-refractivity contribution is 5.69. The van der Waals surface area contributed by atoms with Gasteiger partial charge in [-0.2, -0.15) is 0 Å². The molecule has 0 N–H and O–H groups in total. The summed E-state index contributed by atoms with van der Waals surface area (Å²) in [5.41, 5.74) is 0. The number of ether oxygens (including phenoxy) is 2. The first-order valence-electron chi connectivity index (χ1n) is 6.50. The minimum atomic E-state index is -0.0926. The van der Waals surface area contributed by atoms with Gasteiger partial charge in [-0.25, -0.2) is 0 Å². The van der Waals surface area contributed by atoms with E-state index in [0.717, 1.165) is 0 Å². The van der Waals surface area contributed by atoms with Crippen LogP contribution in [0.5, 0.6) is 0 Å². The van der Waals surface area contributed by atoms with E-state index in [2.05, 4.69) is 0 Å². The van der Waals surface area contributed by atoms with E-state index in [9.17, 15) is 4.79 Å². The van der Waals surface area contributed by atoms with E-state index >= 15 is 0 Å². The molecule has 0 aliphatic rings. The van der Waals surface area contributed by atoms with Gasteiger partial charge in [0.2, 0.25) is 0 Å². The lowest BCUT2D eigenvalue weighted by atomic mass is 10.1. The van der Waals surface area contributed by atoms with Crippen LogP contribution in [0.2, 0.25) is 0 Å². The summed E-state index contributed by atoms with van der Waals surface area (Å²) in [6.07, 6.45) is 1.30. The van der Waals surface area contributed by atoms with Crippen molar-refractivity contribution in [3.63, 3.8) is 0 Å². The number of carbonyl (C=O) groups is 1. The maximum absolute atomic E-state index is 10.8. The molecule has 0 aliphatic heterocycles. The van der Waals surface area contributed by atoms with Crippen LogP contribution in [0.3, 0.4) is 0 Å². The van der Waals surface area contributed by atoms with E-state index in [0.29, 0.717) is 24.5 Å². The van der Waals surface area contributed by atoms with Gasteiger partial charge in [0.25, 0.3) is 0 Å². The Morgan fingerprint density at radius 2 is 1.24 bits per heavy atom. The second-order valence-electron chi connectivity index (χ2n) is 5.37. The van der Waals surface area contributed by atoms with Crippen LogP contribution in [0, 0.1) is 5.92 Å². The summed E-state index contributed by atoms with van der Waals surface area (Å²) in [6, 6.07) is 0. The summed E-state index contributed by atoms with van der Waals surface area (Å²) >= 11 is 0. The van der Waals surface area contributed by atoms with E-state index in [1.54, 1.807) is 0 Å². The van der Waals surface area contributed by atoms with Gasteiger partial charge in [0.15, 0.2) is 0 Å². The van der Waals surface area contributed by atoms with Crippen molar-refractivity contribution >= 4 is 5.97 Å². The monoisotopic (exact) mass is 246 g/mol. The van der Waals surface area contributed by atoms with Crippen molar-refractivity contribution in [3.8, 4) is 0 Å². The van der Waals surface area contributed by atoms with Gasteiger partial charge >= 0.3 is 5.97 Å². The zero-order valence-corrected chi connectivity index (χ0v) is 12.7. The van der Waals surface area contributed by atoms with Gasteiger partial charge in [-0.3, -0.25) is 4.79 Å². The zero-order chi connectivity index (χ0) is 14.0. The van der Waals surface area contributed by atoms with Gasteiger partial charge in [0, 0.05) is 6.42 Å². The fourth-order valence-corrected chi connectivity index (χ4v) is 1.19. The molecule has 0 aliphatic carbocycles. The topological polar surface area (TPSA) is 35.5 Å². The summed E-state index contributed by atoms with van der Waals surface area (Å²) in [6.45, 7) is 15.9. The minimum Gasteiger partial charge on any atom is -0.463 e. The molecular weight excluding hydrogens is 216 g/mol. The molecule has 0 aromatic rings. The van der Waals surface area contributed by atoms with Crippen LogP contribution in [-0.2, 0) is 14.3 Å². The fraction of sp³-hybridized carbons (Fsp3) is 0.929. The van der Waals surface area contributed by atoms with E-state index < -0.39 is 0 Å². The van der Waals surface area contributed by atoms with Gasteiger partial charge in [-0.05, 0) is 47.5 Å². The molecule has 0 radical (unpaired) electrons. The van der Waals surface area contributed by atoms with Crippen molar-refractivity contribution < 1.29 is 14.3 Å². The third-order valence-electron chi connectivity index (χ3n) is 1.49. The Hall–Kier alpha value is -0.570. The van der Waals surface area contributed by atoms with Gasteiger partial charge in [0.1, 0.15) is 0 Å². The van der Waals surface area contributed by atoms with E-state index in [1.165, 1.54) is 0 Å². The minimum absolute atomic E-state index is 0.0197. The van der Waals surface area contributed by atoms with Crippen LogP contribution in [0.4, 0.5) is 0 Å². The summed E-state index contributed by atoms with van der Waals surface area (Å²) in [4.78, 5) is 10.8. The summed E-state index contributed by atoms with van der Waals surface area (Å²) in [5.74, 6) is 0.302. The molecule has 104 valence electrons. The van der Waals surface area contributed by atoms with Crippen LogP contribution in [0.15, 0.2) is 0 Å². The van der Waals surface area contributed by atoms with Gasteiger partial charge in [0.05, 0.1) is 18.3 Å². The molecule has 0 unspecified atom stereocenters. The first kappa shape index (κ1) is 18.8. The molecule has 17 heavy (non-hydrogen) atoms. The summed E-state index contributed by atoms with van der Waals surface area (Å²) < 4.78 is 10.2. The molecule has 3 nitrogen and oxygen atoms in total. The maximum atomic E-state index is 10.8. The number of hydrogen-bond donors (Lipinski definition) is 0. The van der Waals surface area contributed by atoms with Crippen LogP contribution in [0.1, 0.15) is 61.8 Å². The number of esters is 1. The van der Waals surface area contributed by atoms with Crippen molar-refractivity contribution in [2.24, 2.45) is 5.92 Å². The highest BCUT2D eigenvalue weighted by Gasteiger charge is 2.06. The molecule has 0 saturated heterocycles. The molecule has 0 fully saturated rings. The van der Waals surface area contributed by atoms with E-state index in [-0.39, 0.29) is 12.1 Å². The largest absolute Gasteiger partial charge is 0.463 e. The smallest absolute Gasteiger partial charge is 0.306 e. The van der Waals surface area contributed by atoms with Gasteiger partial charge in [-0.15, -0.1) is 0 Å². The normalized spacial score (nSPS) is 10.8. The van der Waals surface area contributed by atoms with Gasteiger partial charge < -0.3 is 9.47 Å². The lowest BCUT2D eigenvalue weighted by Crippen LogP contribution is -2.12. The number of hydrogen-bond acceptors (Lipinski definition) is 3. The van der Waals surface area contributed by atoms with Gasteiger partial charge in [-0.1, -0.05) is 13.8 Å². The lowest BCUT2D eigenvalue weighted by molar-refractivity contribution is -0.148. The van der Waals surface area contributed by atoms with E-state index in [1.807, 2.05) is 55.4 Å². The number of carbonyl (C=O) groups excluding carboxylic acids is 1. The summed E-state index contributed by atoms with van der Waals surface area (Å²) in [7, 11) is 0. The molecule has 0 bridgehead atoms. The van der Waals surface area contributed by atoms with Crippen LogP contribution in [-0.4, -0.2) is 24.3 Å². The molecule has 0 rings (SSSR count). The maximum Gasteiger partial charge on any atom is 0.306 e. The first-order valence-corrected chi connectivity index (χ1v) is 6.50. The highest BCUT2D eigenvalue weighted by atomic mass is 16.5. The third-order valence-corrected chi connectivity index (χ3v) is 1.49. The third kappa shape index (κ3) is 21.3.